The largest absolute Gasteiger partial charge is 0.489 e. The summed E-state index contributed by atoms with van der Waals surface area (Å²) in [6.07, 6.45) is 0.165. The van der Waals surface area contributed by atoms with Crippen molar-refractivity contribution >= 4 is 17.3 Å². The number of hydrogen-bond donors (Lipinski definition) is 1. The molecule has 1 heterocycles. The normalized spacial score (nSPS) is 12.5. The van der Waals surface area contributed by atoms with Crippen molar-refractivity contribution in [1.29, 1.82) is 0 Å². The van der Waals surface area contributed by atoms with Gasteiger partial charge >= 0.3 is 5.97 Å². The third-order valence-electron chi connectivity index (χ3n) is 2.17. The van der Waals surface area contributed by atoms with Gasteiger partial charge in [0.25, 0.3) is 0 Å². The molecule has 4 nitrogen and oxygen atoms in total. The fourth-order valence-electron chi connectivity index (χ4n) is 1.45. The van der Waals surface area contributed by atoms with Crippen LogP contribution in [0.2, 0.25) is 0 Å². The molecule has 1 N–H and O–H groups in total. The fraction of sp³-hybridized carbons (Fsp3) is 0.583. The van der Waals surface area contributed by atoms with Crippen LogP contribution in [0.3, 0.4) is 0 Å². The molecule has 5 heteroatoms. The lowest BCUT2D eigenvalue weighted by Crippen LogP contribution is -2.20. The molecule has 0 saturated heterocycles. The third-order valence-corrected chi connectivity index (χ3v) is 3.05. The lowest BCUT2D eigenvalue weighted by Gasteiger charge is -2.14. The molecule has 1 aromatic heterocycles. The fourth-order valence-corrected chi connectivity index (χ4v) is 2.20. The summed E-state index contributed by atoms with van der Waals surface area (Å²) < 4.78 is 10.1. The average molecular weight is 258 g/mol. The number of carbonyl (C=O) groups is 1. The molecule has 0 aliphatic carbocycles. The van der Waals surface area contributed by atoms with Crippen LogP contribution in [0.1, 0.15) is 29.9 Å². The minimum absolute atomic E-state index is 0.193. The van der Waals surface area contributed by atoms with Crippen molar-refractivity contribution in [1.82, 2.24) is 0 Å². The van der Waals surface area contributed by atoms with Gasteiger partial charge in [-0.25, -0.2) is 4.79 Å². The van der Waals surface area contributed by atoms with Gasteiger partial charge in [0.05, 0.1) is 13.2 Å². The highest BCUT2D eigenvalue weighted by Crippen LogP contribution is 2.25. The van der Waals surface area contributed by atoms with Crippen LogP contribution in [0, 0.1) is 5.92 Å². The molecule has 1 unspecified atom stereocenters. The molecule has 0 aromatic carbocycles. The Kier molecular flexibility index (Phi) is 5.44. The van der Waals surface area contributed by atoms with Gasteiger partial charge in [0, 0.05) is 0 Å². The van der Waals surface area contributed by atoms with Crippen LogP contribution < -0.4 is 4.74 Å². The van der Waals surface area contributed by atoms with E-state index in [-0.39, 0.29) is 6.61 Å². The molecule has 0 bridgehead atoms. The number of thiophene rings is 1. The van der Waals surface area contributed by atoms with Crippen LogP contribution in [0.15, 0.2) is 11.4 Å². The van der Waals surface area contributed by atoms with E-state index in [1.54, 1.807) is 11.4 Å². The molecular weight excluding hydrogens is 240 g/mol. The zero-order valence-corrected chi connectivity index (χ0v) is 11.1. The predicted octanol–water partition coefficient (Wildman–Crippen LogP) is 2.32. The molecule has 1 rings (SSSR count). The minimum atomic E-state index is -0.514. The highest BCUT2D eigenvalue weighted by molar-refractivity contribution is 7.12. The molecule has 1 aromatic rings. The Hall–Kier alpha value is -1.07. The Bertz CT molecular complexity index is 359. The monoisotopic (exact) mass is 258 g/mol. The number of carbonyl (C=O) groups excluding carboxylic acids is 1. The van der Waals surface area contributed by atoms with Crippen LogP contribution in [0.25, 0.3) is 0 Å². The molecule has 0 spiro atoms. The van der Waals surface area contributed by atoms with E-state index in [2.05, 4.69) is 4.74 Å². The Balaban J connectivity index is 2.52. The SMILES string of the molecule is COC(=O)c1sccc1OCC(O)CC(C)C. The highest BCUT2D eigenvalue weighted by Gasteiger charge is 2.16. The highest BCUT2D eigenvalue weighted by atomic mass is 32.1. The topological polar surface area (TPSA) is 55.8 Å². The number of aliphatic hydroxyl groups excluding tert-OH is 1. The lowest BCUT2D eigenvalue weighted by molar-refractivity contribution is 0.0591. The molecular formula is C12H18O4S. The number of esters is 1. The first-order valence-electron chi connectivity index (χ1n) is 5.51. The third kappa shape index (κ3) is 4.36. The Morgan fingerprint density at radius 1 is 1.53 bits per heavy atom. The Morgan fingerprint density at radius 3 is 2.82 bits per heavy atom. The van der Waals surface area contributed by atoms with Gasteiger partial charge in [0.15, 0.2) is 4.88 Å². The van der Waals surface area contributed by atoms with Crippen molar-refractivity contribution in [2.45, 2.75) is 26.4 Å². The maximum absolute atomic E-state index is 11.4. The van der Waals surface area contributed by atoms with Crippen LogP contribution in [0.4, 0.5) is 0 Å². The van der Waals surface area contributed by atoms with E-state index in [1.807, 2.05) is 13.8 Å². The van der Waals surface area contributed by atoms with Gasteiger partial charge in [-0.3, -0.25) is 0 Å². The second-order valence-corrected chi connectivity index (χ2v) is 5.12. The first-order chi connectivity index (χ1) is 8.04. The van der Waals surface area contributed by atoms with Gasteiger partial charge < -0.3 is 14.6 Å². The first kappa shape index (κ1) is 14.0. The van der Waals surface area contributed by atoms with Gasteiger partial charge in [-0.1, -0.05) is 13.8 Å². The molecule has 0 aliphatic heterocycles. The second-order valence-electron chi connectivity index (χ2n) is 4.20. The summed E-state index contributed by atoms with van der Waals surface area (Å²) in [5, 5.41) is 11.4. The van der Waals surface area contributed by atoms with E-state index in [9.17, 15) is 9.90 Å². The van der Waals surface area contributed by atoms with E-state index in [1.165, 1.54) is 18.4 Å². The van der Waals surface area contributed by atoms with Crippen molar-refractivity contribution in [3.8, 4) is 5.75 Å². The Morgan fingerprint density at radius 2 is 2.24 bits per heavy atom. The number of ether oxygens (including phenoxy) is 2. The summed E-state index contributed by atoms with van der Waals surface area (Å²) in [4.78, 5) is 11.8. The quantitative estimate of drug-likeness (QED) is 0.796. The molecule has 0 aliphatic rings. The minimum Gasteiger partial charge on any atom is -0.489 e. The second kappa shape index (κ2) is 6.61. The van der Waals surface area contributed by atoms with Crippen molar-refractivity contribution in [3.63, 3.8) is 0 Å². The van der Waals surface area contributed by atoms with Crippen molar-refractivity contribution in [2.24, 2.45) is 5.92 Å². The summed E-state index contributed by atoms with van der Waals surface area (Å²) in [6, 6.07) is 1.71. The van der Waals surface area contributed by atoms with Crippen LogP contribution in [0.5, 0.6) is 5.75 Å². The number of aliphatic hydroxyl groups is 1. The van der Waals surface area contributed by atoms with Crippen LogP contribution >= 0.6 is 11.3 Å². The summed E-state index contributed by atoms with van der Waals surface area (Å²) in [6.45, 7) is 4.26. The summed E-state index contributed by atoms with van der Waals surface area (Å²) in [5.41, 5.74) is 0. The number of rotatable bonds is 6. The lowest BCUT2D eigenvalue weighted by atomic mass is 10.1. The molecule has 0 fully saturated rings. The van der Waals surface area contributed by atoms with E-state index in [0.29, 0.717) is 23.0 Å². The van der Waals surface area contributed by atoms with Crippen LogP contribution in [-0.4, -0.2) is 30.9 Å². The van der Waals surface area contributed by atoms with Gasteiger partial charge in [0.1, 0.15) is 12.4 Å². The van der Waals surface area contributed by atoms with Gasteiger partial charge in [-0.2, -0.15) is 0 Å². The first-order valence-corrected chi connectivity index (χ1v) is 6.39. The van der Waals surface area contributed by atoms with Gasteiger partial charge in [-0.05, 0) is 23.8 Å². The average Bonchev–Trinajstić information content (AvgIpc) is 2.72. The molecule has 1 atom stereocenters. The van der Waals surface area contributed by atoms with Crippen molar-refractivity contribution in [3.05, 3.63) is 16.3 Å². The number of hydrogen-bond acceptors (Lipinski definition) is 5. The van der Waals surface area contributed by atoms with Crippen molar-refractivity contribution in [2.75, 3.05) is 13.7 Å². The maximum atomic E-state index is 11.4. The zero-order valence-electron chi connectivity index (χ0n) is 10.3. The van der Waals surface area contributed by atoms with Gasteiger partial charge in [0.2, 0.25) is 0 Å². The van der Waals surface area contributed by atoms with E-state index in [0.717, 1.165) is 0 Å². The Labute approximate surface area is 105 Å². The van der Waals surface area contributed by atoms with E-state index in [4.69, 9.17) is 4.74 Å². The molecule has 0 radical (unpaired) electrons. The van der Waals surface area contributed by atoms with E-state index < -0.39 is 12.1 Å². The predicted molar refractivity (Wildman–Crippen MR) is 66.6 cm³/mol. The smallest absolute Gasteiger partial charge is 0.351 e. The standard InChI is InChI=1S/C12H18O4S/c1-8(2)6-9(13)7-16-10-4-5-17-11(10)12(14)15-3/h4-5,8-9,13H,6-7H2,1-3H3. The summed E-state index contributed by atoms with van der Waals surface area (Å²) in [5.74, 6) is 0.481. The zero-order chi connectivity index (χ0) is 12.8. The van der Waals surface area contributed by atoms with Crippen LogP contribution in [-0.2, 0) is 4.74 Å². The number of methoxy groups -OCH3 is 1. The molecule has 0 saturated carbocycles. The van der Waals surface area contributed by atoms with Gasteiger partial charge in [-0.15, -0.1) is 11.3 Å². The summed E-state index contributed by atoms with van der Waals surface area (Å²) >= 11 is 1.27. The van der Waals surface area contributed by atoms with E-state index >= 15 is 0 Å². The molecule has 17 heavy (non-hydrogen) atoms. The van der Waals surface area contributed by atoms with Crippen molar-refractivity contribution < 1.29 is 19.4 Å². The molecule has 0 amide bonds. The summed E-state index contributed by atoms with van der Waals surface area (Å²) in [7, 11) is 1.33. The molecule has 96 valence electrons. The maximum Gasteiger partial charge on any atom is 0.351 e.